The molecule has 2 aromatic carbocycles. The van der Waals surface area contributed by atoms with E-state index >= 15 is 0 Å². The number of carbonyl (C=O) groups is 1. The monoisotopic (exact) mass is 290 g/mol. The topological polar surface area (TPSA) is 64.3 Å². The van der Waals surface area contributed by atoms with Crippen LogP contribution < -0.4 is 15.8 Å². The van der Waals surface area contributed by atoms with E-state index in [-0.39, 0.29) is 5.91 Å². The number of nitrogens with one attached hydrogen (secondary N) is 1. The Kier molecular flexibility index (Phi) is 4.15. The normalized spacial score (nSPS) is 10.2. The Morgan fingerprint density at radius 2 is 2.05 bits per heavy atom. The third kappa shape index (κ3) is 2.86. The fourth-order valence-electron chi connectivity index (χ4n) is 1.84. The molecule has 0 saturated carbocycles. The van der Waals surface area contributed by atoms with Gasteiger partial charge >= 0.3 is 0 Å². The molecule has 0 aliphatic heterocycles. The van der Waals surface area contributed by atoms with E-state index in [2.05, 4.69) is 5.32 Å². The first-order chi connectivity index (χ1) is 9.52. The van der Waals surface area contributed by atoms with Crippen molar-refractivity contribution < 1.29 is 9.53 Å². The van der Waals surface area contributed by atoms with Gasteiger partial charge in [-0.1, -0.05) is 17.7 Å². The third-order valence-corrected chi connectivity index (χ3v) is 3.33. The van der Waals surface area contributed by atoms with E-state index in [0.717, 1.165) is 5.56 Å². The lowest BCUT2D eigenvalue weighted by atomic mass is 10.1. The van der Waals surface area contributed by atoms with Gasteiger partial charge in [-0.15, -0.1) is 0 Å². The number of ether oxygens (including phenoxy) is 1. The Labute approximate surface area is 122 Å². The van der Waals surface area contributed by atoms with E-state index in [4.69, 9.17) is 22.1 Å². The molecule has 0 heterocycles. The predicted molar refractivity (Wildman–Crippen MR) is 81.5 cm³/mol. The summed E-state index contributed by atoms with van der Waals surface area (Å²) in [6, 6.07) is 10.3. The standard InChI is InChI=1S/C15H15ClN2O2/c1-9-11(4-3-5-13(9)17)15(19)18-10-6-7-14(20-2)12(16)8-10/h3-8H,17H2,1-2H3,(H,18,19). The van der Waals surface area contributed by atoms with Crippen molar-refractivity contribution in [2.45, 2.75) is 6.92 Å². The molecule has 2 aromatic rings. The van der Waals surface area contributed by atoms with Crippen LogP contribution in [0.1, 0.15) is 15.9 Å². The summed E-state index contributed by atoms with van der Waals surface area (Å²) in [5, 5.41) is 3.22. The van der Waals surface area contributed by atoms with Gasteiger partial charge < -0.3 is 15.8 Å². The van der Waals surface area contributed by atoms with E-state index in [0.29, 0.717) is 27.7 Å². The van der Waals surface area contributed by atoms with Crippen molar-refractivity contribution >= 4 is 28.9 Å². The molecule has 1 amide bonds. The van der Waals surface area contributed by atoms with Crippen molar-refractivity contribution in [3.05, 3.63) is 52.5 Å². The van der Waals surface area contributed by atoms with Crippen LogP contribution in [0.25, 0.3) is 0 Å². The van der Waals surface area contributed by atoms with Crippen molar-refractivity contribution in [2.24, 2.45) is 0 Å². The summed E-state index contributed by atoms with van der Waals surface area (Å²) in [5.41, 5.74) is 8.28. The lowest BCUT2D eigenvalue weighted by Crippen LogP contribution is -2.14. The summed E-state index contributed by atoms with van der Waals surface area (Å²) in [6.07, 6.45) is 0. The molecule has 0 radical (unpaired) electrons. The largest absolute Gasteiger partial charge is 0.495 e. The van der Waals surface area contributed by atoms with E-state index < -0.39 is 0 Å². The Morgan fingerprint density at radius 1 is 1.30 bits per heavy atom. The SMILES string of the molecule is COc1ccc(NC(=O)c2cccc(N)c2C)cc1Cl. The molecular weight excluding hydrogens is 276 g/mol. The lowest BCUT2D eigenvalue weighted by Gasteiger charge is -2.10. The van der Waals surface area contributed by atoms with Gasteiger partial charge in [-0.25, -0.2) is 0 Å². The number of halogens is 1. The van der Waals surface area contributed by atoms with Crippen LogP contribution in [0.15, 0.2) is 36.4 Å². The number of benzene rings is 2. The summed E-state index contributed by atoms with van der Waals surface area (Å²) in [4.78, 5) is 12.2. The zero-order chi connectivity index (χ0) is 14.7. The first kappa shape index (κ1) is 14.2. The number of nitrogens with two attached hydrogens (primary N) is 1. The molecule has 5 heteroatoms. The number of carbonyl (C=O) groups excluding carboxylic acids is 1. The van der Waals surface area contributed by atoms with Gasteiger partial charge in [0.05, 0.1) is 12.1 Å². The van der Waals surface area contributed by atoms with Gasteiger partial charge in [-0.2, -0.15) is 0 Å². The van der Waals surface area contributed by atoms with Crippen LogP contribution in [0.5, 0.6) is 5.75 Å². The molecule has 4 nitrogen and oxygen atoms in total. The Morgan fingerprint density at radius 3 is 2.70 bits per heavy atom. The number of anilines is 2. The van der Waals surface area contributed by atoms with E-state index in [9.17, 15) is 4.79 Å². The zero-order valence-corrected chi connectivity index (χ0v) is 12.0. The number of hydrogen-bond donors (Lipinski definition) is 2. The lowest BCUT2D eigenvalue weighted by molar-refractivity contribution is 0.102. The minimum Gasteiger partial charge on any atom is -0.495 e. The number of amides is 1. The summed E-state index contributed by atoms with van der Waals surface area (Å²) < 4.78 is 5.06. The maximum absolute atomic E-state index is 12.2. The number of hydrogen-bond acceptors (Lipinski definition) is 3. The van der Waals surface area contributed by atoms with Gasteiger partial charge in [0, 0.05) is 16.9 Å². The number of methoxy groups -OCH3 is 1. The molecule has 0 aliphatic rings. The molecule has 0 saturated heterocycles. The van der Waals surface area contributed by atoms with Crippen molar-refractivity contribution in [2.75, 3.05) is 18.2 Å². The fourth-order valence-corrected chi connectivity index (χ4v) is 2.10. The molecule has 3 N–H and O–H groups in total. The van der Waals surface area contributed by atoms with E-state index in [1.807, 2.05) is 6.92 Å². The molecule has 2 rings (SSSR count). The maximum atomic E-state index is 12.2. The molecule has 0 aromatic heterocycles. The van der Waals surface area contributed by atoms with Crippen LogP contribution in [0, 0.1) is 6.92 Å². The smallest absolute Gasteiger partial charge is 0.256 e. The van der Waals surface area contributed by atoms with Crippen LogP contribution in [0.3, 0.4) is 0 Å². The van der Waals surface area contributed by atoms with Crippen LogP contribution in [0.2, 0.25) is 5.02 Å². The summed E-state index contributed by atoms with van der Waals surface area (Å²) in [7, 11) is 1.54. The molecule has 104 valence electrons. The summed E-state index contributed by atoms with van der Waals surface area (Å²) in [6.45, 7) is 1.81. The van der Waals surface area contributed by atoms with Gasteiger partial charge in [0.2, 0.25) is 0 Å². The Hall–Kier alpha value is -2.20. The summed E-state index contributed by atoms with van der Waals surface area (Å²) in [5.74, 6) is 0.334. The third-order valence-electron chi connectivity index (χ3n) is 3.03. The molecule has 0 fully saturated rings. The zero-order valence-electron chi connectivity index (χ0n) is 11.2. The first-order valence-corrected chi connectivity index (χ1v) is 6.40. The second-order valence-corrected chi connectivity index (χ2v) is 4.73. The molecule has 0 aliphatic carbocycles. The van der Waals surface area contributed by atoms with Crippen LogP contribution >= 0.6 is 11.6 Å². The predicted octanol–water partition coefficient (Wildman–Crippen LogP) is 3.49. The Bertz CT molecular complexity index is 656. The van der Waals surface area contributed by atoms with Crippen molar-refractivity contribution in [3.8, 4) is 5.75 Å². The van der Waals surface area contributed by atoms with E-state index in [1.165, 1.54) is 7.11 Å². The van der Waals surface area contributed by atoms with Gasteiger partial charge in [0.15, 0.2) is 0 Å². The minimum absolute atomic E-state index is 0.226. The molecule has 0 unspecified atom stereocenters. The average Bonchev–Trinajstić information content (AvgIpc) is 2.42. The summed E-state index contributed by atoms with van der Waals surface area (Å²) >= 11 is 6.02. The van der Waals surface area contributed by atoms with Gasteiger partial charge in [-0.3, -0.25) is 4.79 Å². The molecule has 20 heavy (non-hydrogen) atoms. The van der Waals surface area contributed by atoms with E-state index in [1.54, 1.807) is 36.4 Å². The minimum atomic E-state index is -0.226. The average molecular weight is 291 g/mol. The molecule has 0 spiro atoms. The van der Waals surface area contributed by atoms with Gasteiger partial charge in [0.25, 0.3) is 5.91 Å². The van der Waals surface area contributed by atoms with Crippen molar-refractivity contribution in [3.63, 3.8) is 0 Å². The van der Waals surface area contributed by atoms with Crippen LogP contribution in [-0.4, -0.2) is 13.0 Å². The number of rotatable bonds is 3. The Balaban J connectivity index is 2.24. The molecular formula is C15H15ClN2O2. The van der Waals surface area contributed by atoms with Gasteiger partial charge in [0.1, 0.15) is 5.75 Å². The van der Waals surface area contributed by atoms with Gasteiger partial charge in [-0.05, 0) is 42.8 Å². The second-order valence-electron chi connectivity index (χ2n) is 4.32. The first-order valence-electron chi connectivity index (χ1n) is 6.03. The highest BCUT2D eigenvalue weighted by atomic mass is 35.5. The highest BCUT2D eigenvalue weighted by Gasteiger charge is 2.11. The quantitative estimate of drug-likeness (QED) is 0.851. The van der Waals surface area contributed by atoms with Crippen molar-refractivity contribution in [1.82, 2.24) is 0 Å². The second kappa shape index (κ2) is 5.84. The number of nitrogen functional groups attached to an aromatic ring is 1. The molecule has 0 bridgehead atoms. The maximum Gasteiger partial charge on any atom is 0.256 e. The highest BCUT2D eigenvalue weighted by Crippen LogP contribution is 2.27. The van der Waals surface area contributed by atoms with Crippen molar-refractivity contribution in [1.29, 1.82) is 0 Å². The highest BCUT2D eigenvalue weighted by molar-refractivity contribution is 6.32. The fraction of sp³-hybridized carbons (Fsp3) is 0.133. The van der Waals surface area contributed by atoms with Crippen LogP contribution in [-0.2, 0) is 0 Å². The van der Waals surface area contributed by atoms with Crippen LogP contribution in [0.4, 0.5) is 11.4 Å². The molecule has 0 atom stereocenters.